The van der Waals surface area contributed by atoms with Crippen molar-refractivity contribution < 1.29 is 49.0 Å². The molecule has 4 rings (SSSR count). The Hall–Kier alpha value is -2.70. The van der Waals surface area contributed by atoms with Gasteiger partial charge in [0.1, 0.15) is 11.4 Å². The van der Waals surface area contributed by atoms with Gasteiger partial charge in [0.2, 0.25) is 0 Å². The fourth-order valence-electron chi connectivity index (χ4n) is 3.75. The Morgan fingerprint density at radius 2 is 1.81 bits per heavy atom. The standard InChI is InChI=1S/C18H11F9N2O2/c19-13-9-5-30-7-16(10(9)1-2-11(13)18(25,26)27)6-29-4-8(17(22,23)24)3-12(14(29)28-16)31-15(20)21/h1-4,15H,5-7H2/t16-/m1/s1. The van der Waals surface area contributed by atoms with Crippen molar-refractivity contribution in [3.63, 3.8) is 0 Å². The van der Waals surface area contributed by atoms with E-state index in [1.807, 2.05) is 0 Å². The van der Waals surface area contributed by atoms with E-state index in [2.05, 4.69) is 9.73 Å². The van der Waals surface area contributed by atoms with Crippen LogP contribution in [-0.2, 0) is 27.8 Å². The number of ether oxygens (including phenoxy) is 2. The van der Waals surface area contributed by atoms with Gasteiger partial charge in [-0.1, -0.05) is 6.07 Å². The van der Waals surface area contributed by atoms with Crippen LogP contribution in [0.2, 0.25) is 0 Å². The van der Waals surface area contributed by atoms with Gasteiger partial charge < -0.3 is 14.4 Å². The molecular formula is C18H11F9N2O2. The molecule has 0 fully saturated rings. The molecule has 31 heavy (non-hydrogen) atoms. The van der Waals surface area contributed by atoms with Crippen molar-refractivity contribution in [2.45, 2.75) is 31.1 Å². The number of hydrogen-bond acceptors (Lipinski definition) is 4. The average Bonchev–Trinajstić information content (AvgIpc) is 2.99. The Morgan fingerprint density at radius 1 is 1.10 bits per heavy atom. The molecule has 1 spiro atoms. The summed E-state index contributed by atoms with van der Waals surface area (Å²) in [7, 11) is 0. The van der Waals surface area contributed by atoms with Crippen LogP contribution in [-0.4, -0.2) is 36.7 Å². The summed E-state index contributed by atoms with van der Waals surface area (Å²) in [5.41, 5.74) is -4.93. The topological polar surface area (TPSA) is 34.1 Å². The van der Waals surface area contributed by atoms with Crippen molar-refractivity contribution in [3.05, 3.63) is 58.2 Å². The molecule has 0 aliphatic carbocycles. The molecule has 1 aromatic carbocycles. The minimum absolute atomic E-state index is 0.0375. The van der Waals surface area contributed by atoms with E-state index < -0.39 is 71.8 Å². The summed E-state index contributed by atoms with van der Waals surface area (Å²) >= 11 is 0. The van der Waals surface area contributed by atoms with Gasteiger partial charge in [-0.3, -0.25) is 0 Å². The number of halogens is 9. The van der Waals surface area contributed by atoms with Gasteiger partial charge in [-0.05, 0) is 17.7 Å². The van der Waals surface area contributed by atoms with Crippen molar-refractivity contribution in [1.82, 2.24) is 4.90 Å². The van der Waals surface area contributed by atoms with Gasteiger partial charge in [-0.15, -0.1) is 0 Å². The molecule has 13 heteroatoms. The third-order valence-corrected chi connectivity index (χ3v) is 5.01. The molecule has 0 saturated carbocycles. The summed E-state index contributed by atoms with van der Waals surface area (Å²) < 4.78 is 128. The van der Waals surface area contributed by atoms with Gasteiger partial charge in [0.25, 0.3) is 0 Å². The summed E-state index contributed by atoms with van der Waals surface area (Å²) in [5, 5.41) is 0. The highest BCUT2D eigenvalue weighted by Gasteiger charge is 2.49. The molecule has 3 heterocycles. The first-order chi connectivity index (χ1) is 14.3. The molecule has 0 unspecified atom stereocenters. The number of benzene rings is 1. The van der Waals surface area contributed by atoms with Crippen molar-refractivity contribution in [1.29, 1.82) is 0 Å². The molecule has 0 aromatic heterocycles. The Morgan fingerprint density at radius 3 is 2.42 bits per heavy atom. The van der Waals surface area contributed by atoms with Crippen LogP contribution >= 0.6 is 0 Å². The molecule has 168 valence electrons. The predicted octanol–water partition coefficient (Wildman–Crippen LogP) is 4.87. The third-order valence-electron chi connectivity index (χ3n) is 5.01. The zero-order valence-corrected chi connectivity index (χ0v) is 15.1. The number of hydrogen-bond donors (Lipinski definition) is 0. The first-order valence-electron chi connectivity index (χ1n) is 8.61. The van der Waals surface area contributed by atoms with Crippen LogP contribution in [0.25, 0.3) is 0 Å². The first kappa shape index (κ1) is 21.5. The fraction of sp³-hybridized carbons (Fsp3) is 0.389. The predicted molar refractivity (Wildman–Crippen MR) is 86.2 cm³/mol. The second kappa shape index (κ2) is 6.90. The van der Waals surface area contributed by atoms with Gasteiger partial charge >= 0.3 is 19.0 Å². The van der Waals surface area contributed by atoms with Crippen LogP contribution in [0.1, 0.15) is 16.7 Å². The van der Waals surface area contributed by atoms with E-state index in [4.69, 9.17) is 4.74 Å². The molecule has 0 N–H and O–H groups in total. The molecule has 3 aliphatic rings. The van der Waals surface area contributed by atoms with Crippen molar-refractivity contribution in [2.75, 3.05) is 13.2 Å². The molecule has 0 radical (unpaired) electrons. The minimum atomic E-state index is -4.98. The summed E-state index contributed by atoms with van der Waals surface area (Å²) in [4.78, 5) is 5.04. The lowest BCUT2D eigenvalue weighted by atomic mass is 9.85. The lowest BCUT2D eigenvalue weighted by Gasteiger charge is -2.34. The number of aliphatic imine (C=N–C) groups is 1. The van der Waals surface area contributed by atoms with Crippen molar-refractivity contribution >= 4 is 5.84 Å². The summed E-state index contributed by atoms with van der Waals surface area (Å²) in [6.45, 7) is -4.70. The quantitative estimate of drug-likeness (QED) is 0.594. The van der Waals surface area contributed by atoms with E-state index in [1.165, 1.54) is 0 Å². The van der Waals surface area contributed by atoms with Gasteiger partial charge in [-0.2, -0.15) is 35.1 Å². The number of rotatable bonds is 2. The fourth-order valence-corrected chi connectivity index (χ4v) is 3.75. The Balaban J connectivity index is 1.82. The molecule has 0 saturated heterocycles. The number of alkyl halides is 8. The van der Waals surface area contributed by atoms with Crippen molar-refractivity contribution in [2.24, 2.45) is 4.99 Å². The number of allylic oxidation sites excluding steroid dienone is 2. The number of nitrogens with zero attached hydrogens (tertiary/aromatic N) is 2. The van der Waals surface area contributed by atoms with E-state index >= 15 is 0 Å². The Kier molecular flexibility index (Phi) is 4.79. The monoisotopic (exact) mass is 458 g/mol. The third kappa shape index (κ3) is 3.64. The average molecular weight is 458 g/mol. The maximum Gasteiger partial charge on any atom is 0.419 e. The molecular weight excluding hydrogens is 447 g/mol. The lowest BCUT2D eigenvalue weighted by molar-refractivity contribution is -0.140. The summed E-state index contributed by atoms with van der Waals surface area (Å²) in [6, 6.07) is 1.47. The van der Waals surface area contributed by atoms with Crippen LogP contribution < -0.4 is 0 Å². The van der Waals surface area contributed by atoms with E-state index in [-0.39, 0.29) is 12.2 Å². The van der Waals surface area contributed by atoms with Crippen LogP contribution in [0.4, 0.5) is 39.5 Å². The largest absolute Gasteiger partial charge is 0.431 e. The second-order valence-corrected chi connectivity index (χ2v) is 7.01. The lowest BCUT2D eigenvalue weighted by Crippen LogP contribution is -2.40. The second-order valence-electron chi connectivity index (χ2n) is 7.01. The van der Waals surface area contributed by atoms with E-state index in [0.29, 0.717) is 18.3 Å². The molecule has 0 bridgehead atoms. The van der Waals surface area contributed by atoms with Crippen molar-refractivity contribution in [3.8, 4) is 0 Å². The number of fused-ring (bicyclic) bond motifs is 3. The van der Waals surface area contributed by atoms with Crippen LogP contribution in [0.5, 0.6) is 0 Å². The van der Waals surface area contributed by atoms with Crippen LogP contribution in [0.3, 0.4) is 0 Å². The summed E-state index contributed by atoms with van der Waals surface area (Å²) in [6.07, 6.45) is -8.92. The highest BCUT2D eigenvalue weighted by molar-refractivity contribution is 6.00. The van der Waals surface area contributed by atoms with Crippen LogP contribution in [0, 0.1) is 5.82 Å². The van der Waals surface area contributed by atoms with Gasteiger partial charge in [-0.25, -0.2) is 9.38 Å². The smallest absolute Gasteiger partial charge is 0.419 e. The molecule has 1 aromatic rings. The van der Waals surface area contributed by atoms with E-state index in [9.17, 15) is 39.5 Å². The zero-order chi connectivity index (χ0) is 22.8. The zero-order valence-electron chi connectivity index (χ0n) is 15.1. The van der Waals surface area contributed by atoms with Gasteiger partial charge in [0, 0.05) is 11.8 Å². The number of amidine groups is 1. The summed E-state index contributed by atoms with van der Waals surface area (Å²) in [5.74, 6) is -2.86. The molecule has 1 atom stereocenters. The highest BCUT2D eigenvalue weighted by atomic mass is 19.4. The maximum absolute atomic E-state index is 14.6. The minimum Gasteiger partial charge on any atom is -0.431 e. The first-order valence-corrected chi connectivity index (χ1v) is 8.61. The van der Waals surface area contributed by atoms with E-state index in [1.54, 1.807) is 0 Å². The molecule has 3 aliphatic heterocycles. The van der Waals surface area contributed by atoms with Crippen LogP contribution in [0.15, 0.2) is 40.7 Å². The molecule has 0 amide bonds. The Labute approximate surface area is 168 Å². The Bertz CT molecular complexity index is 1010. The van der Waals surface area contributed by atoms with Gasteiger partial charge in [0.05, 0.1) is 30.9 Å². The molecule has 4 nitrogen and oxygen atoms in total. The van der Waals surface area contributed by atoms with E-state index in [0.717, 1.165) is 11.0 Å². The van der Waals surface area contributed by atoms with Gasteiger partial charge in [0.15, 0.2) is 11.6 Å². The normalized spacial score (nSPS) is 23.4. The SMILES string of the molecule is Fc1c(C(F)(F)F)ccc2c1COC[C@]21CN2C=C(C(F)(F)F)C=C(OC(F)F)C2=N1. The highest BCUT2D eigenvalue weighted by Crippen LogP contribution is 2.45. The maximum atomic E-state index is 14.6.